The van der Waals surface area contributed by atoms with Gasteiger partial charge in [-0.1, -0.05) is 32.1 Å². The highest BCUT2D eigenvalue weighted by Crippen LogP contribution is 2.67. The molecule has 1 saturated heterocycles. The normalized spacial score (nSPS) is 49.5. The van der Waals surface area contributed by atoms with Crippen molar-refractivity contribution in [2.75, 3.05) is 13.2 Å². The third-order valence-corrected chi connectivity index (χ3v) is 8.77. The summed E-state index contributed by atoms with van der Waals surface area (Å²) in [4.78, 5) is 11.4. The molecule has 1 aliphatic heterocycles. The van der Waals surface area contributed by atoms with E-state index in [-0.39, 0.29) is 28.7 Å². The molecule has 0 N–H and O–H groups in total. The van der Waals surface area contributed by atoms with E-state index in [4.69, 9.17) is 14.2 Å². The summed E-state index contributed by atoms with van der Waals surface area (Å²) in [6, 6.07) is 0. The van der Waals surface area contributed by atoms with Gasteiger partial charge in [0.1, 0.15) is 6.10 Å². The van der Waals surface area contributed by atoms with Crippen molar-refractivity contribution in [1.82, 2.24) is 0 Å². The second kappa shape index (κ2) is 5.93. The summed E-state index contributed by atoms with van der Waals surface area (Å²) in [7, 11) is 0. The fourth-order valence-corrected chi connectivity index (χ4v) is 7.34. The van der Waals surface area contributed by atoms with E-state index in [9.17, 15) is 4.79 Å². The third-order valence-electron chi connectivity index (χ3n) is 8.77. The van der Waals surface area contributed by atoms with E-state index < -0.39 is 0 Å². The molecule has 4 heteroatoms. The predicted octanol–water partition coefficient (Wildman–Crippen LogP) is 4.26. The van der Waals surface area contributed by atoms with Crippen molar-refractivity contribution in [3.05, 3.63) is 24.3 Å². The Balaban J connectivity index is 1.44. The Labute approximate surface area is 162 Å². The van der Waals surface area contributed by atoms with Crippen molar-refractivity contribution in [1.29, 1.82) is 0 Å². The van der Waals surface area contributed by atoms with Crippen molar-refractivity contribution in [2.45, 2.75) is 64.8 Å². The molecule has 5 unspecified atom stereocenters. The zero-order valence-corrected chi connectivity index (χ0v) is 16.8. The van der Waals surface area contributed by atoms with Gasteiger partial charge < -0.3 is 14.2 Å². The number of ether oxygens (including phenoxy) is 3. The number of hydrogen-bond acceptors (Lipinski definition) is 4. The van der Waals surface area contributed by atoms with Gasteiger partial charge in [0.2, 0.25) is 0 Å². The van der Waals surface area contributed by atoms with E-state index in [0.717, 1.165) is 26.1 Å². The molecule has 5 aliphatic rings. The highest BCUT2D eigenvalue weighted by atomic mass is 16.7. The van der Waals surface area contributed by atoms with E-state index >= 15 is 0 Å². The Morgan fingerprint density at radius 3 is 2.52 bits per heavy atom. The number of fused-ring (bicyclic) bond motifs is 6. The predicted molar refractivity (Wildman–Crippen MR) is 102 cm³/mol. The molecule has 148 valence electrons. The van der Waals surface area contributed by atoms with Gasteiger partial charge >= 0.3 is 5.97 Å². The van der Waals surface area contributed by atoms with Crippen LogP contribution in [0, 0.1) is 34.5 Å². The van der Waals surface area contributed by atoms with Crippen LogP contribution in [-0.4, -0.2) is 31.1 Å². The Morgan fingerprint density at radius 2 is 1.78 bits per heavy atom. The van der Waals surface area contributed by atoms with Crippen molar-refractivity contribution in [3.8, 4) is 0 Å². The zero-order chi connectivity index (χ0) is 18.9. The van der Waals surface area contributed by atoms with Gasteiger partial charge in [0.15, 0.2) is 5.79 Å². The van der Waals surface area contributed by atoms with Crippen LogP contribution in [0.15, 0.2) is 24.3 Å². The van der Waals surface area contributed by atoms with Crippen LogP contribution in [0.25, 0.3) is 0 Å². The quantitative estimate of drug-likeness (QED) is 0.510. The molecule has 1 heterocycles. The van der Waals surface area contributed by atoms with Gasteiger partial charge in [-0.2, -0.15) is 0 Å². The maximum Gasteiger partial charge on any atom is 0.303 e. The minimum Gasteiger partial charge on any atom is -0.458 e. The maximum absolute atomic E-state index is 11.4. The van der Waals surface area contributed by atoms with E-state index in [1.54, 1.807) is 0 Å². The van der Waals surface area contributed by atoms with Crippen molar-refractivity contribution >= 4 is 5.97 Å². The molecule has 0 amide bonds. The van der Waals surface area contributed by atoms with Gasteiger partial charge in [-0.3, -0.25) is 4.79 Å². The topological polar surface area (TPSA) is 44.8 Å². The highest BCUT2D eigenvalue weighted by Gasteiger charge is 2.66. The highest BCUT2D eigenvalue weighted by molar-refractivity contribution is 5.66. The lowest BCUT2D eigenvalue weighted by Gasteiger charge is -2.58. The van der Waals surface area contributed by atoms with Gasteiger partial charge in [-0.15, -0.1) is 0 Å². The van der Waals surface area contributed by atoms with Crippen molar-refractivity contribution in [2.24, 2.45) is 34.5 Å². The number of esters is 1. The fourth-order valence-electron chi connectivity index (χ4n) is 7.34. The lowest BCUT2D eigenvalue weighted by atomic mass is 9.48. The van der Waals surface area contributed by atoms with Crippen molar-refractivity contribution in [3.63, 3.8) is 0 Å². The molecule has 27 heavy (non-hydrogen) atoms. The molecule has 0 bridgehead atoms. The van der Waals surface area contributed by atoms with E-state index in [2.05, 4.69) is 38.2 Å². The van der Waals surface area contributed by atoms with Crippen LogP contribution in [0.3, 0.4) is 0 Å². The van der Waals surface area contributed by atoms with Crippen LogP contribution in [0.4, 0.5) is 0 Å². The van der Waals surface area contributed by atoms with Crippen LogP contribution >= 0.6 is 0 Å². The van der Waals surface area contributed by atoms with E-state index in [1.807, 2.05) is 0 Å². The van der Waals surface area contributed by atoms with Gasteiger partial charge in [0, 0.05) is 18.8 Å². The first-order valence-electron chi connectivity index (χ1n) is 10.7. The lowest BCUT2D eigenvalue weighted by Crippen LogP contribution is -2.55. The fraction of sp³-hybridized carbons (Fsp3) is 0.783. The molecule has 0 aromatic carbocycles. The zero-order valence-electron chi connectivity index (χ0n) is 16.8. The molecule has 0 radical (unpaired) electrons. The molecular weight excluding hydrogens is 340 g/mol. The second-order valence-corrected chi connectivity index (χ2v) is 9.84. The van der Waals surface area contributed by atoms with Gasteiger partial charge in [-0.05, 0) is 60.8 Å². The van der Waals surface area contributed by atoms with Gasteiger partial charge in [-0.25, -0.2) is 0 Å². The first-order valence-corrected chi connectivity index (χ1v) is 10.7. The minimum absolute atomic E-state index is 0.0781. The number of hydrogen-bond donors (Lipinski definition) is 0. The van der Waals surface area contributed by atoms with E-state index in [1.165, 1.54) is 26.2 Å². The van der Waals surface area contributed by atoms with Crippen LogP contribution < -0.4 is 0 Å². The molecule has 0 aromatic rings. The minimum atomic E-state index is -0.336. The summed E-state index contributed by atoms with van der Waals surface area (Å²) in [6.45, 7) is 7.83. The number of carbonyl (C=O) groups excluding carboxylic acids is 1. The Hall–Kier alpha value is -1.13. The Morgan fingerprint density at radius 1 is 1.04 bits per heavy atom. The van der Waals surface area contributed by atoms with Gasteiger partial charge in [0.25, 0.3) is 0 Å². The molecule has 3 fully saturated rings. The Bertz CT molecular complexity index is 690. The molecule has 4 nitrogen and oxygen atoms in total. The largest absolute Gasteiger partial charge is 0.458 e. The first kappa shape index (κ1) is 17.9. The molecule has 1 spiro atoms. The molecular formula is C23H32O4. The number of rotatable bonds is 1. The van der Waals surface area contributed by atoms with Gasteiger partial charge in [0.05, 0.1) is 13.2 Å². The monoisotopic (exact) mass is 372 g/mol. The van der Waals surface area contributed by atoms with Crippen LogP contribution in [0.5, 0.6) is 0 Å². The summed E-state index contributed by atoms with van der Waals surface area (Å²) in [6.07, 6.45) is 14.9. The molecule has 5 rings (SSSR count). The Kier molecular flexibility index (Phi) is 3.94. The number of carbonyl (C=O) groups is 1. The molecule has 0 aromatic heterocycles. The smallest absolute Gasteiger partial charge is 0.303 e. The summed E-state index contributed by atoms with van der Waals surface area (Å²) in [5.74, 6) is 1.79. The van der Waals surface area contributed by atoms with Crippen LogP contribution in [0.2, 0.25) is 0 Å². The van der Waals surface area contributed by atoms with Crippen molar-refractivity contribution < 1.29 is 19.0 Å². The summed E-state index contributed by atoms with van der Waals surface area (Å²) >= 11 is 0. The van der Waals surface area contributed by atoms with Crippen LogP contribution in [0.1, 0.15) is 52.9 Å². The molecule has 7 atom stereocenters. The average Bonchev–Trinajstić information content (AvgIpc) is 3.21. The average molecular weight is 373 g/mol. The first-order chi connectivity index (χ1) is 12.9. The molecule has 2 saturated carbocycles. The SMILES string of the molecule is CC(=O)OC1C=C[C@@]2(C)C(C=CC3C2CC[C@@]2(C)C3CCC23OCCO3)C1. The third kappa shape index (κ3) is 2.38. The summed E-state index contributed by atoms with van der Waals surface area (Å²) in [5.41, 5.74) is 0.279. The second-order valence-electron chi connectivity index (χ2n) is 9.84. The summed E-state index contributed by atoms with van der Waals surface area (Å²) in [5, 5.41) is 0. The van der Waals surface area contributed by atoms with Crippen LogP contribution in [-0.2, 0) is 19.0 Å². The van der Waals surface area contributed by atoms with E-state index in [0.29, 0.717) is 23.7 Å². The maximum atomic E-state index is 11.4. The lowest BCUT2D eigenvalue weighted by molar-refractivity contribution is -0.240. The standard InChI is InChI=1S/C23H32O4/c1-15(24)27-17-6-9-21(2)16(14-17)4-5-18-19(21)7-10-22(3)20(18)8-11-23(22)25-12-13-26-23/h4-6,9,16-20H,7-8,10-14H2,1-3H3/t16?,17?,18?,19?,20?,21-,22-/m0/s1. The number of allylic oxidation sites excluding steroid dienone is 3. The molecule has 4 aliphatic carbocycles. The summed E-state index contributed by atoms with van der Waals surface area (Å²) < 4.78 is 17.9.